The van der Waals surface area contributed by atoms with Crippen molar-refractivity contribution in [1.29, 1.82) is 0 Å². The van der Waals surface area contributed by atoms with Crippen molar-refractivity contribution in [3.8, 4) is 12.0 Å². The lowest BCUT2D eigenvalue weighted by atomic mass is 10.4. The van der Waals surface area contributed by atoms with Crippen molar-refractivity contribution in [3.05, 3.63) is 0 Å². The molecule has 78 valence electrons. The first kappa shape index (κ1) is 10.9. The van der Waals surface area contributed by atoms with Gasteiger partial charge in [-0.25, -0.2) is 0 Å². The summed E-state index contributed by atoms with van der Waals surface area (Å²) < 4.78 is 0. The fraction of sp³-hybridized carbons (Fsp3) is 0.700. The summed E-state index contributed by atoms with van der Waals surface area (Å²) in [7, 11) is 1.75. The third-order valence-electron chi connectivity index (χ3n) is 2.15. The standard InChI is InChI=1S/C10H17N3O/c1-11-5-4-6-12-10(14)9-13-7-2-3-8-13/h11H,2-3,6-9H2,1H3,(H,12,14). The van der Waals surface area contributed by atoms with Crippen LogP contribution in [0, 0.1) is 12.0 Å². The van der Waals surface area contributed by atoms with E-state index in [0.717, 1.165) is 13.1 Å². The summed E-state index contributed by atoms with van der Waals surface area (Å²) in [5.41, 5.74) is 0. The lowest BCUT2D eigenvalue weighted by Crippen LogP contribution is -2.35. The molecule has 0 saturated carbocycles. The van der Waals surface area contributed by atoms with Gasteiger partial charge in [-0.3, -0.25) is 9.69 Å². The normalized spacial score (nSPS) is 15.8. The van der Waals surface area contributed by atoms with E-state index in [1.54, 1.807) is 7.05 Å². The van der Waals surface area contributed by atoms with E-state index in [4.69, 9.17) is 0 Å². The number of nitrogens with zero attached hydrogens (tertiary/aromatic N) is 1. The van der Waals surface area contributed by atoms with Gasteiger partial charge in [-0.1, -0.05) is 5.92 Å². The summed E-state index contributed by atoms with van der Waals surface area (Å²) in [6, 6.07) is 2.67. The van der Waals surface area contributed by atoms with Crippen LogP contribution >= 0.6 is 0 Å². The molecule has 1 aliphatic heterocycles. The molecule has 1 heterocycles. The average molecular weight is 195 g/mol. The first-order valence-corrected chi connectivity index (χ1v) is 4.96. The molecule has 14 heavy (non-hydrogen) atoms. The summed E-state index contributed by atoms with van der Waals surface area (Å²) in [4.78, 5) is 13.5. The number of hydrogen-bond donors (Lipinski definition) is 2. The number of hydrogen-bond acceptors (Lipinski definition) is 3. The Balaban J connectivity index is 2.09. The summed E-state index contributed by atoms with van der Waals surface area (Å²) in [6.07, 6.45) is 2.43. The van der Waals surface area contributed by atoms with Gasteiger partial charge in [-0.15, -0.1) is 0 Å². The van der Waals surface area contributed by atoms with Crippen LogP contribution in [0.15, 0.2) is 0 Å². The fourth-order valence-corrected chi connectivity index (χ4v) is 1.48. The highest BCUT2D eigenvalue weighted by atomic mass is 16.2. The SMILES string of the molecule is CNC#CCNC(=O)CN1CCCC1. The molecule has 1 saturated heterocycles. The zero-order chi connectivity index (χ0) is 10.2. The van der Waals surface area contributed by atoms with Gasteiger partial charge in [0.25, 0.3) is 0 Å². The van der Waals surface area contributed by atoms with Gasteiger partial charge in [0.1, 0.15) is 0 Å². The number of likely N-dealkylation sites (tertiary alicyclic amines) is 1. The van der Waals surface area contributed by atoms with Crippen LogP contribution in [0.4, 0.5) is 0 Å². The number of amides is 1. The van der Waals surface area contributed by atoms with Crippen molar-refractivity contribution in [2.45, 2.75) is 12.8 Å². The molecule has 1 aliphatic rings. The lowest BCUT2D eigenvalue weighted by molar-refractivity contribution is -0.121. The number of rotatable bonds is 3. The van der Waals surface area contributed by atoms with E-state index in [1.807, 2.05) is 0 Å². The largest absolute Gasteiger partial charge is 0.349 e. The van der Waals surface area contributed by atoms with Gasteiger partial charge >= 0.3 is 0 Å². The molecule has 0 spiro atoms. The molecule has 1 amide bonds. The van der Waals surface area contributed by atoms with Gasteiger partial charge in [-0.05, 0) is 25.9 Å². The molecule has 0 aromatic rings. The van der Waals surface area contributed by atoms with Crippen molar-refractivity contribution < 1.29 is 4.79 Å². The smallest absolute Gasteiger partial charge is 0.234 e. The predicted octanol–water partition coefficient (Wildman–Crippen LogP) is -0.621. The minimum absolute atomic E-state index is 0.0669. The third kappa shape index (κ3) is 4.15. The first-order valence-electron chi connectivity index (χ1n) is 4.96. The first-order chi connectivity index (χ1) is 6.83. The van der Waals surface area contributed by atoms with Gasteiger partial charge in [0.15, 0.2) is 0 Å². The van der Waals surface area contributed by atoms with Crippen molar-refractivity contribution >= 4 is 5.91 Å². The van der Waals surface area contributed by atoms with Gasteiger partial charge in [0.2, 0.25) is 5.91 Å². The topological polar surface area (TPSA) is 44.4 Å². The van der Waals surface area contributed by atoms with E-state index < -0.39 is 0 Å². The molecule has 0 bridgehead atoms. The molecule has 4 nitrogen and oxygen atoms in total. The minimum Gasteiger partial charge on any atom is -0.349 e. The van der Waals surface area contributed by atoms with E-state index in [-0.39, 0.29) is 5.91 Å². The Hall–Kier alpha value is -1.21. The highest BCUT2D eigenvalue weighted by Gasteiger charge is 2.13. The molecule has 0 aliphatic carbocycles. The molecule has 4 heteroatoms. The molecule has 0 atom stereocenters. The zero-order valence-corrected chi connectivity index (χ0v) is 8.60. The highest BCUT2D eigenvalue weighted by molar-refractivity contribution is 5.78. The van der Waals surface area contributed by atoms with Gasteiger partial charge in [-0.2, -0.15) is 0 Å². The third-order valence-corrected chi connectivity index (χ3v) is 2.15. The van der Waals surface area contributed by atoms with Crippen molar-refractivity contribution in [3.63, 3.8) is 0 Å². The zero-order valence-electron chi connectivity index (χ0n) is 8.60. The molecule has 1 rings (SSSR count). The second kappa shape index (κ2) is 6.28. The van der Waals surface area contributed by atoms with E-state index in [9.17, 15) is 4.79 Å². The van der Waals surface area contributed by atoms with Crippen LogP contribution in [0.1, 0.15) is 12.8 Å². The molecular formula is C10H17N3O. The fourth-order valence-electron chi connectivity index (χ4n) is 1.48. The molecule has 1 fully saturated rings. The maximum Gasteiger partial charge on any atom is 0.234 e. The monoisotopic (exact) mass is 195 g/mol. The predicted molar refractivity (Wildman–Crippen MR) is 55.5 cm³/mol. The maximum absolute atomic E-state index is 11.3. The molecule has 0 radical (unpaired) electrons. The second-order valence-corrected chi connectivity index (χ2v) is 3.31. The molecular weight excluding hydrogens is 178 g/mol. The van der Waals surface area contributed by atoms with Gasteiger partial charge in [0, 0.05) is 13.1 Å². The quantitative estimate of drug-likeness (QED) is 0.466. The Kier molecular flexibility index (Phi) is 4.87. The van der Waals surface area contributed by atoms with Gasteiger partial charge in [0.05, 0.1) is 13.1 Å². The Morgan fingerprint density at radius 3 is 2.79 bits per heavy atom. The molecule has 0 unspecified atom stereocenters. The van der Waals surface area contributed by atoms with Crippen LogP contribution in [-0.2, 0) is 4.79 Å². The van der Waals surface area contributed by atoms with Crippen LogP contribution in [0.2, 0.25) is 0 Å². The summed E-state index contributed by atoms with van der Waals surface area (Å²) >= 11 is 0. The van der Waals surface area contributed by atoms with Crippen LogP contribution in [-0.4, -0.2) is 44.0 Å². The van der Waals surface area contributed by atoms with Crippen LogP contribution in [0.5, 0.6) is 0 Å². The summed E-state index contributed by atoms with van der Waals surface area (Å²) in [5.74, 6) is 2.85. The van der Waals surface area contributed by atoms with E-state index in [1.165, 1.54) is 12.8 Å². The molecule has 2 N–H and O–H groups in total. The van der Waals surface area contributed by atoms with Crippen LogP contribution < -0.4 is 10.6 Å². The number of carbonyl (C=O) groups excluding carboxylic acids is 1. The highest BCUT2D eigenvalue weighted by Crippen LogP contribution is 2.05. The van der Waals surface area contributed by atoms with E-state index in [0.29, 0.717) is 13.1 Å². The van der Waals surface area contributed by atoms with Gasteiger partial charge < -0.3 is 10.6 Å². The summed E-state index contributed by atoms with van der Waals surface area (Å²) in [6.45, 7) is 3.04. The Labute approximate surface area is 85.0 Å². The Bertz CT molecular complexity index is 235. The van der Waals surface area contributed by atoms with Crippen LogP contribution in [0.25, 0.3) is 0 Å². The Morgan fingerprint density at radius 2 is 2.14 bits per heavy atom. The van der Waals surface area contributed by atoms with E-state index in [2.05, 4.69) is 27.5 Å². The van der Waals surface area contributed by atoms with Crippen molar-refractivity contribution in [2.75, 3.05) is 33.2 Å². The van der Waals surface area contributed by atoms with E-state index >= 15 is 0 Å². The molecule has 0 aromatic heterocycles. The number of nitrogens with one attached hydrogen (secondary N) is 2. The maximum atomic E-state index is 11.3. The van der Waals surface area contributed by atoms with Crippen molar-refractivity contribution in [1.82, 2.24) is 15.5 Å². The second-order valence-electron chi connectivity index (χ2n) is 3.31. The minimum atomic E-state index is 0.0669. The average Bonchev–Trinajstić information content (AvgIpc) is 2.65. The lowest BCUT2D eigenvalue weighted by Gasteiger charge is -2.12. The van der Waals surface area contributed by atoms with Crippen LogP contribution in [0.3, 0.4) is 0 Å². The van der Waals surface area contributed by atoms with Crippen molar-refractivity contribution in [2.24, 2.45) is 0 Å². The number of carbonyl (C=O) groups is 1. The Morgan fingerprint density at radius 1 is 1.43 bits per heavy atom. The molecule has 0 aromatic carbocycles. The summed E-state index contributed by atoms with van der Waals surface area (Å²) in [5, 5.41) is 5.44.